The van der Waals surface area contributed by atoms with Gasteiger partial charge in [0.05, 0.1) is 6.54 Å². The summed E-state index contributed by atoms with van der Waals surface area (Å²) in [5, 5.41) is 0. The monoisotopic (exact) mass is 129 g/mol. The summed E-state index contributed by atoms with van der Waals surface area (Å²) in [6.45, 7) is 6.05. The Labute approximate surface area is 54.0 Å². The fourth-order valence-electron chi connectivity index (χ4n) is 0.490. The van der Waals surface area contributed by atoms with E-state index in [4.69, 9.17) is 0 Å². The molecule has 0 bridgehead atoms. The van der Waals surface area contributed by atoms with Crippen molar-refractivity contribution in [2.75, 3.05) is 0 Å². The van der Waals surface area contributed by atoms with E-state index in [0.717, 1.165) is 0 Å². The summed E-state index contributed by atoms with van der Waals surface area (Å²) < 4.78 is 1.95. The van der Waals surface area contributed by atoms with Crippen molar-refractivity contribution in [2.45, 2.75) is 13.8 Å². The summed E-state index contributed by atoms with van der Waals surface area (Å²) in [7, 11) is 0. The minimum Gasteiger partial charge on any atom is -0.315 e. The second-order valence-electron chi connectivity index (χ2n) is 1.56. The number of hydrogen-bond acceptors (Lipinski definition) is 3. The van der Waals surface area contributed by atoms with Gasteiger partial charge in [0.2, 0.25) is 0 Å². The number of allylic oxidation sites excluding steroid dienone is 1. The van der Waals surface area contributed by atoms with Gasteiger partial charge < -0.3 is 5.43 Å². The molecule has 0 saturated heterocycles. The molecule has 1 aliphatic heterocycles. The van der Waals surface area contributed by atoms with Gasteiger partial charge in [0.1, 0.15) is 0 Å². The molecule has 1 rings (SSSR count). The van der Waals surface area contributed by atoms with Gasteiger partial charge in [-0.05, 0) is 25.8 Å². The van der Waals surface area contributed by atoms with Crippen LogP contribution in [0.25, 0.3) is 0 Å². The zero-order chi connectivity index (χ0) is 5.98. The summed E-state index contributed by atoms with van der Waals surface area (Å²) in [6.07, 6.45) is 1.98. The molecule has 0 spiro atoms. The van der Waals surface area contributed by atoms with Crippen LogP contribution in [0.3, 0.4) is 0 Å². The molecular formula is C5H9N2S. The Kier molecular flexibility index (Phi) is 1.81. The molecule has 0 saturated carbocycles. The highest BCUT2D eigenvalue weighted by Crippen LogP contribution is 2.23. The Hall–Kier alpha value is -0.150. The van der Waals surface area contributed by atoms with Gasteiger partial charge in [0.15, 0.2) is 0 Å². The van der Waals surface area contributed by atoms with E-state index in [2.05, 4.69) is 12.3 Å². The maximum atomic E-state index is 3.03. The Bertz CT molecular complexity index is 111. The van der Waals surface area contributed by atoms with Gasteiger partial charge in [-0.2, -0.15) is 4.41 Å². The van der Waals surface area contributed by atoms with Gasteiger partial charge in [-0.25, -0.2) is 0 Å². The summed E-state index contributed by atoms with van der Waals surface area (Å²) in [5.41, 5.74) is 3.03. The minimum absolute atomic E-state index is 1.29. The van der Waals surface area contributed by atoms with Crippen molar-refractivity contribution >= 4 is 11.9 Å². The van der Waals surface area contributed by atoms with E-state index in [1.165, 1.54) is 4.91 Å². The van der Waals surface area contributed by atoms with Gasteiger partial charge >= 0.3 is 0 Å². The van der Waals surface area contributed by atoms with Crippen LogP contribution < -0.4 is 5.43 Å². The molecule has 1 aliphatic rings. The number of rotatable bonds is 1. The van der Waals surface area contributed by atoms with Crippen LogP contribution in [0.1, 0.15) is 13.8 Å². The van der Waals surface area contributed by atoms with E-state index < -0.39 is 0 Å². The normalized spacial score (nSPS) is 20.5. The number of hydrazine groups is 1. The standard InChI is InChI=1S/C5H9N2S/c1-3-7-6-4-5(2)8-7/h3-4,6H,1-2H3. The van der Waals surface area contributed by atoms with E-state index in [-0.39, 0.29) is 0 Å². The van der Waals surface area contributed by atoms with E-state index in [1.54, 1.807) is 11.9 Å². The Balaban J connectivity index is 2.32. The highest BCUT2D eigenvalue weighted by atomic mass is 32.2. The molecule has 0 aliphatic carbocycles. The maximum absolute atomic E-state index is 3.03. The lowest BCUT2D eigenvalue weighted by atomic mass is 10.7. The van der Waals surface area contributed by atoms with Gasteiger partial charge in [-0.3, -0.25) is 0 Å². The Morgan fingerprint density at radius 3 is 2.88 bits per heavy atom. The zero-order valence-electron chi connectivity index (χ0n) is 5.01. The van der Waals surface area contributed by atoms with Gasteiger partial charge in [0, 0.05) is 11.1 Å². The highest BCUT2D eigenvalue weighted by Gasteiger charge is 2.07. The van der Waals surface area contributed by atoms with Crippen LogP contribution >= 0.6 is 11.9 Å². The van der Waals surface area contributed by atoms with Crippen LogP contribution in [0, 0.1) is 6.54 Å². The smallest absolute Gasteiger partial charge is 0.0562 e. The SMILES string of the molecule is C[CH]N1NC=C(C)S1. The summed E-state index contributed by atoms with van der Waals surface area (Å²) in [4.78, 5) is 1.29. The van der Waals surface area contributed by atoms with Gasteiger partial charge in [-0.15, -0.1) is 0 Å². The lowest BCUT2D eigenvalue weighted by Crippen LogP contribution is -2.18. The number of hydrogen-bond donors (Lipinski definition) is 1. The van der Waals surface area contributed by atoms with Crippen molar-refractivity contribution in [1.29, 1.82) is 0 Å². The fraction of sp³-hybridized carbons (Fsp3) is 0.400. The Morgan fingerprint density at radius 1 is 1.88 bits per heavy atom. The van der Waals surface area contributed by atoms with Gasteiger partial charge in [-0.1, -0.05) is 0 Å². The molecule has 8 heavy (non-hydrogen) atoms. The molecule has 1 radical (unpaired) electrons. The molecule has 45 valence electrons. The lowest BCUT2D eigenvalue weighted by molar-refractivity contribution is 0.504. The van der Waals surface area contributed by atoms with Gasteiger partial charge in [0.25, 0.3) is 0 Å². The molecule has 0 fully saturated rings. The molecule has 1 heterocycles. The number of nitrogens with zero attached hydrogens (tertiary/aromatic N) is 1. The van der Waals surface area contributed by atoms with Crippen LogP contribution in [-0.4, -0.2) is 4.41 Å². The Morgan fingerprint density at radius 2 is 2.62 bits per heavy atom. The maximum Gasteiger partial charge on any atom is 0.0562 e. The quantitative estimate of drug-likeness (QED) is 0.540. The third kappa shape index (κ3) is 1.17. The van der Waals surface area contributed by atoms with Crippen LogP contribution in [0.4, 0.5) is 0 Å². The van der Waals surface area contributed by atoms with Crippen molar-refractivity contribution in [2.24, 2.45) is 0 Å². The zero-order valence-corrected chi connectivity index (χ0v) is 5.83. The first-order chi connectivity index (χ1) is 3.83. The third-order valence-electron chi connectivity index (χ3n) is 0.872. The predicted molar refractivity (Wildman–Crippen MR) is 36.3 cm³/mol. The first kappa shape index (κ1) is 5.98. The average molecular weight is 129 g/mol. The van der Waals surface area contributed by atoms with Crippen molar-refractivity contribution < 1.29 is 0 Å². The number of nitrogens with one attached hydrogen (secondary N) is 1. The predicted octanol–water partition coefficient (Wildman–Crippen LogP) is 1.50. The lowest BCUT2D eigenvalue weighted by Gasteiger charge is -2.08. The topological polar surface area (TPSA) is 15.3 Å². The van der Waals surface area contributed by atoms with Crippen molar-refractivity contribution in [3.05, 3.63) is 17.6 Å². The second-order valence-corrected chi connectivity index (χ2v) is 2.78. The first-order valence-electron chi connectivity index (χ1n) is 2.52. The van der Waals surface area contributed by atoms with Crippen LogP contribution in [0.15, 0.2) is 11.1 Å². The molecule has 0 aromatic heterocycles. The van der Waals surface area contributed by atoms with E-state index in [0.29, 0.717) is 0 Å². The fourth-order valence-corrected chi connectivity index (χ4v) is 1.12. The summed E-state index contributed by atoms with van der Waals surface area (Å²) in [5.74, 6) is 0. The molecule has 2 nitrogen and oxygen atoms in total. The molecule has 0 amide bonds. The molecule has 0 atom stereocenters. The highest BCUT2D eigenvalue weighted by molar-refractivity contribution is 8.01. The summed E-state index contributed by atoms with van der Waals surface area (Å²) >= 11 is 1.69. The molecule has 3 heteroatoms. The molecule has 0 unspecified atom stereocenters. The third-order valence-corrected chi connectivity index (χ3v) is 1.79. The van der Waals surface area contributed by atoms with Crippen LogP contribution in [0.5, 0.6) is 0 Å². The van der Waals surface area contributed by atoms with E-state index in [1.807, 2.05) is 24.1 Å². The summed E-state index contributed by atoms with van der Waals surface area (Å²) in [6, 6.07) is 0. The molecule has 1 N–H and O–H groups in total. The van der Waals surface area contributed by atoms with Crippen molar-refractivity contribution in [3.63, 3.8) is 0 Å². The van der Waals surface area contributed by atoms with Crippen LogP contribution in [-0.2, 0) is 0 Å². The molecule has 0 aromatic rings. The molecule has 0 aromatic carbocycles. The average Bonchev–Trinajstić information content (AvgIpc) is 2.14. The second kappa shape index (κ2) is 2.42. The van der Waals surface area contributed by atoms with E-state index in [9.17, 15) is 0 Å². The van der Waals surface area contributed by atoms with E-state index >= 15 is 0 Å². The minimum atomic E-state index is 1.29. The van der Waals surface area contributed by atoms with Crippen molar-refractivity contribution in [1.82, 2.24) is 9.84 Å². The van der Waals surface area contributed by atoms with Crippen molar-refractivity contribution in [3.8, 4) is 0 Å². The first-order valence-corrected chi connectivity index (χ1v) is 3.30. The molecular weight excluding hydrogens is 120 g/mol. The van der Waals surface area contributed by atoms with Crippen LogP contribution in [0.2, 0.25) is 0 Å². The largest absolute Gasteiger partial charge is 0.315 e.